The molecule has 332 valence electrons. The summed E-state index contributed by atoms with van der Waals surface area (Å²) in [6.07, 6.45) is 1.60. The second-order valence-electron chi connectivity index (χ2n) is 16.4. The second-order valence-corrected chi connectivity index (χ2v) is 21.5. The van der Waals surface area contributed by atoms with E-state index in [2.05, 4.69) is 19.9 Å². The first kappa shape index (κ1) is 47.9. The number of aromatic nitrogens is 4. The number of carbonyl (C=O) groups is 2. The number of aromatic carboxylic acids is 1. The molecule has 5 N–H and O–H groups in total. The van der Waals surface area contributed by atoms with Crippen LogP contribution in [-0.2, 0) is 38.6 Å². The van der Waals surface area contributed by atoms with Gasteiger partial charge < -0.3 is 49.8 Å². The van der Waals surface area contributed by atoms with E-state index in [1.54, 1.807) is 27.7 Å². The summed E-state index contributed by atoms with van der Waals surface area (Å²) < 4.78 is 69.6. The summed E-state index contributed by atoms with van der Waals surface area (Å²) in [7, 11) is -7.15. The van der Waals surface area contributed by atoms with E-state index < -0.39 is 47.1 Å². The molecule has 59 heavy (non-hydrogen) atoms. The van der Waals surface area contributed by atoms with Crippen LogP contribution in [0.4, 0.5) is 11.6 Å². The molecule has 2 saturated heterocycles. The molecule has 22 heteroatoms. The number of hydrogen-bond acceptors (Lipinski definition) is 19. The van der Waals surface area contributed by atoms with Crippen molar-refractivity contribution in [3.63, 3.8) is 0 Å². The number of Topliss-reactive ketones (excluding diaryl/α,β-unsaturated/α-hetero) is 1. The molecule has 0 amide bonds. The number of ketones is 1. The SMILES string of the molecule is C[C@@H](O)CN.C[C@@H]1COC[C@H]2COc3c(nc(C(=O)CC[C@@H](C)O)nc3C(C)(C)S(C)(=O)=O)N21.C[C@@H]1COC[C@H]2COc3c(nc(C(=O)O)nc3C(C)(C)S(C)(=O)=O)N21. The Labute approximate surface area is 345 Å². The number of nitrogens with two attached hydrogens (primary N) is 1. The number of sulfone groups is 2. The molecular weight excluding hydrogens is 815 g/mol. The van der Waals surface area contributed by atoms with Gasteiger partial charge in [-0.05, 0) is 61.8 Å². The first-order valence-corrected chi connectivity index (χ1v) is 23.1. The minimum absolute atomic E-state index is 0.0130. The maximum Gasteiger partial charge on any atom is 0.374 e. The zero-order valence-corrected chi connectivity index (χ0v) is 37.0. The molecule has 2 aromatic rings. The number of rotatable bonds is 10. The van der Waals surface area contributed by atoms with Crippen LogP contribution in [0.2, 0.25) is 0 Å². The predicted octanol–water partition coefficient (Wildman–Crippen LogP) is 0.853. The molecule has 6 rings (SSSR count). The van der Waals surface area contributed by atoms with E-state index >= 15 is 0 Å². The minimum atomic E-state index is -3.58. The molecule has 6 heterocycles. The van der Waals surface area contributed by atoms with Crippen molar-refractivity contribution < 1.29 is 60.7 Å². The highest BCUT2D eigenvalue weighted by Crippen LogP contribution is 2.45. The standard InChI is InChI=1S/C19H29N3O6S.C15H21N3O6S.C3H9NO/c1-11-8-27-9-13-10-28-15-16(19(3,4)29(5,25)26)20-17(21-18(15)22(11)13)14(24)7-6-12(2)23;1-8-5-23-6-9-7-24-10-11(15(2,3)25(4,21)22)16-12(14(19)20)17-13(10)18(8)9;1-3(5)2-4/h11-13,23H,6-10H2,1-5H3;8-9H,5-7H2,1-4H3,(H,19,20);3,5H,2,4H2,1H3/t11-,12-,13+;8-,9+;3-/m111/s1. The van der Waals surface area contributed by atoms with Gasteiger partial charge in [0.1, 0.15) is 34.1 Å². The van der Waals surface area contributed by atoms with Crippen molar-refractivity contribution in [2.45, 2.75) is 114 Å². The van der Waals surface area contributed by atoms with Crippen molar-refractivity contribution in [1.82, 2.24) is 19.9 Å². The van der Waals surface area contributed by atoms with Crippen molar-refractivity contribution in [3.8, 4) is 11.5 Å². The van der Waals surface area contributed by atoms with Crippen LogP contribution in [0.15, 0.2) is 0 Å². The van der Waals surface area contributed by atoms with Crippen LogP contribution < -0.4 is 25.0 Å². The van der Waals surface area contributed by atoms with Gasteiger partial charge in [-0.1, -0.05) is 0 Å². The molecule has 0 saturated carbocycles. The van der Waals surface area contributed by atoms with E-state index in [9.17, 15) is 36.6 Å². The number of morpholine rings is 2. The number of ether oxygens (including phenoxy) is 4. The van der Waals surface area contributed by atoms with E-state index in [0.717, 1.165) is 12.5 Å². The van der Waals surface area contributed by atoms with Gasteiger partial charge >= 0.3 is 5.97 Å². The van der Waals surface area contributed by atoms with Crippen molar-refractivity contribution in [2.75, 3.05) is 68.5 Å². The van der Waals surface area contributed by atoms with Gasteiger partial charge in [0.05, 0.1) is 62.8 Å². The van der Waals surface area contributed by atoms with E-state index in [4.69, 9.17) is 29.8 Å². The number of hydrogen-bond donors (Lipinski definition) is 4. The van der Waals surface area contributed by atoms with Crippen molar-refractivity contribution >= 4 is 43.1 Å². The highest BCUT2D eigenvalue weighted by molar-refractivity contribution is 7.91. The van der Waals surface area contributed by atoms with Crippen LogP contribution in [-0.4, -0.2) is 159 Å². The number of anilines is 2. The molecular formula is C37H59N7O13S2. The summed E-state index contributed by atoms with van der Waals surface area (Å²) in [4.78, 5) is 45.2. The zero-order valence-electron chi connectivity index (χ0n) is 35.3. The van der Waals surface area contributed by atoms with Crippen molar-refractivity contribution in [1.29, 1.82) is 0 Å². The Kier molecular flexibility index (Phi) is 15.0. The minimum Gasteiger partial charge on any atom is -0.486 e. The lowest BCUT2D eigenvalue weighted by molar-refractivity contribution is 0.0479. The van der Waals surface area contributed by atoms with E-state index in [1.807, 2.05) is 23.6 Å². The molecule has 0 unspecified atom stereocenters. The number of aliphatic hydroxyl groups excluding tert-OH is 2. The quantitative estimate of drug-likeness (QED) is 0.241. The first-order valence-electron chi connectivity index (χ1n) is 19.3. The monoisotopic (exact) mass is 873 g/mol. The molecule has 4 aliphatic rings. The molecule has 2 aromatic heterocycles. The molecule has 0 spiro atoms. The number of nitrogens with zero attached hydrogens (tertiary/aromatic N) is 6. The van der Waals surface area contributed by atoms with Crippen LogP contribution in [0, 0.1) is 0 Å². The average molecular weight is 874 g/mol. The van der Waals surface area contributed by atoms with Crippen LogP contribution in [0.3, 0.4) is 0 Å². The maximum absolute atomic E-state index is 12.7. The number of fused-ring (bicyclic) bond motifs is 6. The normalized spacial score (nSPS) is 22.5. The van der Waals surface area contributed by atoms with E-state index in [-0.39, 0.29) is 71.9 Å². The van der Waals surface area contributed by atoms with Gasteiger partial charge in [0.15, 0.2) is 54.4 Å². The van der Waals surface area contributed by atoms with Crippen LogP contribution >= 0.6 is 0 Å². The largest absolute Gasteiger partial charge is 0.486 e. The van der Waals surface area contributed by atoms with Crippen LogP contribution in [0.25, 0.3) is 0 Å². The fourth-order valence-corrected chi connectivity index (χ4v) is 7.48. The summed E-state index contributed by atoms with van der Waals surface area (Å²) in [5.74, 6) is -0.903. The Hall–Kier alpha value is -3.80. The van der Waals surface area contributed by atoms with E-state index in [0.29, 0.717) is 63.6 Å². The summed E-state index contributed by atoms with van der Waals surface area (Å²) in [5, 5.41) is 27.1. The van der Waals surface area contributed by atoms with Crippen molar-refractivity contribution in [2.24, 2.45) is 5.73 Å². The van der Waals surface area contributed by atoms with Gasteiger partial charge in [0.2, 0.25) is 5.82 Å². The number of carboxylic acid groups (broad SMARTS) is 1. The van der Waals surface area contributed by atoms with Gasteiger partial charge in [0.25, 0.3) is 0 Å². The Morgan fingerprint density at radius 2 is 1.12 bits per heavy atom. The second kappa shape index (κ2) is 18.4. The van der Waals surface area contributed by atoms with Crippen LogP contribution in [0.5, 0.6) is 11.5 Å². The molecule has 4 aliphatic heterocycles. The third kappa shape index (κ3) is 10.4. The molecule has 0 radical (unpaired) electrons. The average Bonchev–Trinajstić information content (AvgIpc) is 3.15. The Morgan fingerprint density at radius 1 is 0.729 bits per heavy atom. The summed E-state index contributed by atoms with van der Waals surface area (Å²) in [6, 6.07) is -0.245. The van der Waals surface area contributed by atoms with Crippen LogP contribution in [0.1, 0.15) is 101 Å². The van der Waals surface area contributed by atoms with E-state index in [1.165, 1.54) is 13.8 Å². The predicted molar refractivity (Wildman–Crippen MR) is 217 cm³/mol. The molecule has 0 bridgehead atoms. The Morgan fingerprint density at radius 3 is 1.47 bits per heavy atom. The first-order chi connectivity index (χ1) is 27.2. The maximum atomic E-state index is 12.7. The Bertz CT molecular complexity index is 2080. The lowest BCUT2D eigenvalue weighted by atomic mass is 10.0. The fourth-order valence-electron chi connectivity index (χ4n) is 6.50. The van der Waals surface area contributed by atoms with Gasteiger partial charge in [-0.15, -0.1) is 0 Å². The molecule has 0 aromatic carbocycles. The number of carbonyl (C=O) groups excluding carboxylic acids is 1. The molecule has 6 atom stereocenters. The van der Waals surface area contributed by atoms with Crippen molar-refractivity contribution in [3.05, 3.63) is 23.0 Å². The summed E-state index contributed by atoms with van der Waals surface area (Å²) in [6.45, 7) is 16.1. The molecule has 20 nitrogen and oxygen atoms in total. The van der Waals surface area contributed by atoms with Gasteiger partial charge in [0, 0.05) is 25.5 Å². The lowest BCUT2D eigenvalue weighted by Crippen LogP contribution is -2.56. The van der Waals surface area contributed by atoms with Gasteiger partial charge in [-0.2, -0.15) is 0 Å². The fraction of sp³-hybridized carbons (Fsp3) is 0.730. The molecule has 0 aliphatic carbocycles. The molecule has 2 fully saturated rings. The number of aliphatic hydroxyl groups is 2. The topological polar surface area (TPSA) is 284 Å². The third-order valence-electron chi connectivity index (χ3n) is 10.7. The summed E-state index contributed by atoms with van der Waals surface area (Å²) in [5.41, 5.74) is 5.17. The van der Waals surface area contributed by atoms with Gasteiger partial charge in [-0.3, -0.25) is 4.79 Å². The smallest absolute Gasteiger partial charge is 0.374 e. The summed E-state index contributed by atoms with van der Waals surface area (Å²) >= 11 is 0. The zero-order chi connectivity index (χ0) is 44.4. The highest BCUT2D eigenvalue weighted by Gasteiger charge is 2.46. The Balaban J connectivity index is 0.000000236. The lowest BCUT2D eigenvalue weighted by Gasteiger charge is -2.45. The number of carboxylic acids is 1. The third-order valence-corrected chi connectivity index (χ3v) is 14.8. The van der Waals surface area contributed by atoms with Gasteiger partial charge in [-0.25, -0.2) is 41.6 Å². The highest BCUT2D eigenvalue weighted by atomic mass is 32.2.